The lowest BCUT2D eigenvalue weighted by Gasteiger charge is -2.05. The van der Waals surface area contributed by atoms with Crippen LogP contribution < -0.4 is 5.32 Å². The van der Waals surface area contributed by atoms with Gasteiger partial charge >= 0.3 is 0 Å². The smallest absolute Gasteiger partial charge is 0.141 e. The molecule has 1 aliphatic heterocycles. The van der Waals surface area contributed by atoms with E-state index in [1.54, 1.807) is 23.5 Å². The molecule has 0 bridgehead atoms. The zero-order chi connectivity index (χ0) is 12.5. The lowest BCUT2D eigenvalue weighted by Crippen LogP contribution is -2.12. The molecule has 94 valence electrons. The lowest BCUT2D eigenvalue weighted by molar-refractivity contribution is 0.628. The summed E-state index contributed by atoms with van der Waals surface area (Å²) in [7, 11) is 0. The van der Waals surface area contributed by atoms with Gasteiger partial charge in [-0.25, -0.2) is 9.37 Å². The van der Waals surface area contributed by atoms with E-state index in [0.717, 1.165) is 29.2 Å². The van der Waals surface area contributed by atoms with Crippen molar-refractivity contribution in [2.24, 2.45) is 0 Å². The molecule has 0 spiro atoms. The molecule has 18 heavy (non-hydrogen) atoms. The maximum absolute atomic E-state index is 13.1. The molecule has 5 heteroatoms. The Kier molecular flexibility index (Phi) is 3.33. The summed E-state index contributed by atoms with van der Waals surface area (Å²) in [4.78, 5) is 4.61. The molecular weight excluding hydrogens is 271 g/mol. The van der Waals surface area contributed by atoms with Crippen molar-refractivity contribution in [1.29, 1.82) is 0 Å². The zero-order valence-electron chi connectivity index (χ0n) is 9.62. The highest BCUT2D eigenvalue weighted by Crippen LogP contribution is 2.31. The summed E-state index contributed by atoms with van der Waals surface area (Å²) in [6, 6.07) is 5.09. The van der Waals surface area contributed by atoms with Crippen LogP contribution in [0.2, 0.25) is 5.02 Å². The summed E-state index contributed by atoms with van der Waals surface area (Å²) in [6.45, 7) is 1.06. The highest BCUT2D eigenvalue weighted by atomic mass is 35.5. The van der Waals surface area contributed by atoms with Crippen molar-refractivity contribution in [2.45, 2.75) is 18.9 Å². The molecule has 1 saturated heterocycles. The standard InChI is InChI=1S/C13H12ClFN2S/c14-9-6-8(3-4-10(9)15)13-17-12(7-18-13)11-2-1-5-16-11/h3-4,6-7,11,16H,1-2,5H2/t11-/m0/s1. The molecular formula is C13H12ClFN2S. The predicted molar refractivity (Wildman–Crippen MR) is 72.5 cm³/mol. The van der Waals surface area contributed by atoms with Crippen LogP contribution in [0.25, 0.3) is 10.6 Å². The number of thiazole rings is 1. The number of halogens is 2. The van der Waals surface area contributed by atoms with Crippen molar-refractivity contribution in [3.63, 3.8) is 0 Å². The second-order valence-corrected chi connectivity index (χ2v) is 5.62. The van der Waals surface area contributed by atoms with Crippen LogP contribution in [0.1, 0.15) is 24.6 Å². The highest BCUT2D eigenvalue weighted by Gasteiger charge is 2.19. The summed E-state index contributed by atoms with van der Waals surface area (Å²) in [5, 5.41) is 6.51. The van der Waals surface area contributed by atoms with Gasteiger partial charge in [0.2, 0.25) is 0 Å². The minimum atomic E-state index is -0.394. The van der Waals surface area contributed by atoms with Crippen LogP contribution in [0.15, 0.2) is 23.6 Å². The van der Waals surface area contributed by atoms with Crippen LogP contribution in [0.3, 0.4) is 0 Å². The fourth-order valence-electron chi connectivity index (χ4n) is 2.14. The van der Waals surface area contributed by atoms with Gasteiger partial charge in [-0.1, -0.05) is 11.6 Å². The molecule has 0 radical (unpaired) electrons. The van der Waals surface area contributed by atoms with Crippen molar-refractivity contribution in [3.8, 4) is 10.6 Å². The summed E-state index contributed by atoms with van der Waals surface area (Å²) < 4.78 is 13.1. The van der Waals surface area contributed by atoms with Crippen LogP contribution in [0.5, 0.6) is 0 Å². The third-order valence-corrected chi connectivity index (χ3v) is 4.31. The highest BCUT2D eigenvalue weighted by molar-refractivity contribution is 7.13. The van der Waals surface area contributed by atoms with E-state index in [2.05, 4.69) is 15.7 Å². The number of aromatic nitrogens is 1. The molecule has 0 aliphatic carbocycles. The van der Waals surface area contributed by atoms with Crippen LogP contribution in [0.4, 0.5) is 4.39 Å². The average Bonchev–Trinajstić information content (AvgIpc) is 3.01. The van der Waals surface area contributed by atoms with Gasteiger partial charge < -0.3 is 5.32 Å². The van der Waals surface area contributed by atoms with Crippen LogP contribution in [-0.2, 0) is 0 Å². The lowest BCUT2D eigenvalue weighted by atomic mass is 10.2. The van der Waals surface area contributed by atoms with Crippen molar-refractivity contribution < 1.29 is 4.39 Å². The van der Waals surface area contributed by atoms with Gasteiger partial charge in [-0.3, -0.25) is 0 Å². The van der Waals surface area contributed by atoms with Crippen molar-refractivity contribution in [3.05, 3.63) is 40.1 Å². The van der Waals surface area contributed by atoms with Gasteiger partial charge in [-0.05, 0) is 37.6 Å². The SMILES string of the molecule is Fc1ccc(-c2nc([C@@H]3CCCN3)cs2)cc1Cl. The molecule has 2 nitrogen and oxygen atoms in total. The van der Waals surface area contributed by atoms with Gasteiger partial charge in [0.05, 0.1) is 16.8 Å². The molecule has 0 amide bonds. The summed E-state index contributed by atoms with van der Waals surface area (Å²) in [5.41, 5.74) is 1.95. The number of hydrogen-bond acceptors (Lipinski definition) is 3. The average molecular weight is 283 g/mol. The first-order valence-electron chi connectivity index (χ1n) is 5.88. The maximum atomic E-state index is 13.1. The molecule has 1 atom stereocenters. The van der Waals surface area contributed by atoms with Gasteiger partial charge in [-0.2, -0.15) is 0 Å². The van der Waals surface area contributed by atoms with E-state index in [1.807, 2.05) is 0 Å². The second-order valence-electron chi connectivity index (χ2n) is 4.36. The van der Waals surface area contributed by atoms with Gasteiger partial charge in [0.25, 0.3) is 0 Å². The molecule has 0 unspecified atom stereocenters. The molecule has 1 aromatic carbocycles. The molecule has 1 aromatic heterocycles. The monoisotopic (exact) mass is 282 g/mol. The summed E-state index contributed by atoms with van der Waals surface area (Å²) in [6.07, 6.45) is 2.33. The molecule has 1 N–H and O–H groups in total. The molecule has 2 heterocycles. The Hall–Kier alpha value is -0.970. The third-order valence-electron chi connectivity index (χ3n) is 3.11. The van der Waals surface area contributed by atoms with Gasteiger partial charge in [0.1, 0.15) is 10.8 Å². The van der Waals surface area contributed by atoms with E-state index in [0.29, 0.717) is 6.04 Å². The van der Waals surface area contributed by atoms with Crippen LogP contribution in [0, 0.1) is 5.82 Å². The first kappa shape index (κ1) is 12.1. The van der Waals surface area contributed by atoms with Crippen molar-refractivity contribution in [2.75, 3.05) is 6.54 Å². The Bertz CT molecular complexity index is 564. The summed E-state index contributed by atoms with van der Waals surface area (Å²) in [5.74, 6) is -0.394. The fraction of sp³-hybridized carbons (Fsp3) is 0.308. The first-order chi connectivity index (χ1) is 8.74. The van der Waals surface area contributed by atoms with Crippen molar-refractivity contribution >= 4 is 22.9 Å². The quantitative estimate of drug-likeness (QED) is 0.900. The summed E-state index contributed by atoms with van der Waals surface area (Å²) >= 11 is 7.36. The second kappa shape index (κ2) is 4.96. The topological polar surface area (TPSA) is 24.9 Å². The molecule has 3 rings (SSSR count). The van der Waals surface area contributed by atoms with Crippen LogP contribution >= 0.6 is 22.9 Å². The van der Waals surface area contributed by atoms with Gasteiger partial charge in [0, 0.05) is 10.9 Å². The normalized spacial score (nSPS) is 19.3. The zero-order valence-corrected chi connectivity index (χ0v) is 11.2. The Morgan fingerprint density at radius 2 is 2.33 bits per heavy atom. The van der Waals surface area contributed by atoms with E-state index in [4.69, 9.17) is 11.6 Å². The Labute approximate surface area is 114 Å². The first-order valence-corrected chi connectivity index (χ1v) is 7.14. The molecule has 2 aromatic rings. The Balaban J connectivity index is 1.89. The fourth-order valence-corrected chi connectivity index (χ4v) is 3.20. The van der Waals surface area contributed by atoms with Gasteiger partial charge in [0.15, 0.2) is 0 Å². The number of nitrogens with one attached hydrogen (secondary N) is 1. The Morgan fingerprint density at radius 1 is 1.44 bits per heavy atom. The number of rotatable bonds is 2. The minimum absolute atomic E-state index is 0.142. The third kappa shape index (κ3) is 2.28. The number of nitrogens with zero attached hydrogens (tertiary/aromatic N) is 1. The molecule has 0 saturated carbocycles. The van der Waals surface area contributed by atoms with E-state index in [-0.39, 0.29) is 5.02 Å². The van der Waals surface area contributed by atoms with E-state index in [1.165, 1.54) is 12.5 Å². The number of hydrogen-bond donors (Lipinski definition) is 1. The van der Waals surface area contributed by atoms with Crippen molar-refractivity contribution in [1.82, 2.24) is 10.3 Å². The minimum Gasteiger partial charge on any atom is -0.309 e. The number of benzene rings is 1. The van der Waals surface area contributed by atoms with Gasteiger partial charge in [-0.15, -0.1) is 11.3 Å². The maximum Gasteiger partial charge on any atom is 0.141 e. The molecule has 1 aliphatic rings. The largest absolute Gasteiger partial charge is 0.309 e. The predicted octanol–water partition coefficient (Wildman–Crippen LogP) is 4.03. The van der Waals surface area contributed by atoms with E-state index >= 15 is 0 Å². The van der Waals surface area contributed by atoms with E-state index < -0.39 is 5.82 Å². The molecule has 1 fully saturated rings. The Morgan fingerprint density at radius 3 is 3.06 bits per heavy atom. The van der Waals surface area contributed by atoms with E-state index in [9.17, 15) is 4.39 Å². The van der Waals surface area contributed by atoms with Crippen LogP contribution in [-0.4, -0.2) is 11.5 Å².